The van der Waals surface area contributed by atoms with Gasteiger partial charge in [-0.15, -0.1) is 0 Å². The van der Waals surface area contributed by atoms with E-state index in [-0.39, 0.29) is 11.8 Å². The lowest BCUT2D eigenvalue weighted by Crippen LogP contribution is -2.59. The van der Waals surface area contributed by atoms with Crippen LogP contribution < -0.4 is 21.5 Å². The van der Waals surface area contributed by atoms with Crippen molar-refractivity contribution >= 4 is 17.0 Å². The molecule has 1 aromatic carbocycles. The van der Waals surface area contributed by atoms with Crippen LogP contribution in [-0.2, 0) is 6.54 Å². The SMILES string of the molecule is COc1ccc(C2C=C(Cn3cnc4c(N)ncnc43)C(N3CCCC(N)(C(C)F)C3)=CN2)cc1F. The van der Waals surface area contributed by atoms with E-state index in [4.69, 9.17) is 16.2 Å². The van der Waals surface area contributed by atoms with Gasteiger partial charge in [0.25, 0.3) is 0 Å². The molecule has 190 valence electrons. The van der Waals surface area contributed by atoms with Crippen molar-refractivity contribution in [1.29, 1.82) is 0 Å². The Morgan fingerprint density at radius 1 is 1.31 bits per heavy atom. The summed E-state index contributed by atoms with van der Waals surface area (Å²) in [5, 5.41) is 3.37. The summed E-state index contributed by atoms with van der Waals surface area (Å²) in [6.45, 7) is 3.08. The molecule has 4 heterocycles. The van der Waals surface area contributed by atoms with Gasteiger partial charge in [-0.2, -0.15) is 0 Å². The molecule has 5 N–H and O–H groups in total. The number of hydrogen-bond donors (Lipinski definition) is 3. The Bertz CT molecular complexity index is 1340. The zero-order valence-electron chi connectivity index (χ0n) is 20.3. The van der Waals surface area contributed by atoms with Gasteiger partial charge in [0.15, 0.2) is 23.0 Å². The minimum absolute atomic E-state index is 0.185. The average Bonchev–Trinajstić information content (AvgIpc) is 3.28. The predicted molar refractivity (Wildman–Crippen MR) is 133 cm³/mol. The van der Waals surface area contributed by atoms with E-state index in [0.717, 1.165) is 29.8 Å². The first-order valence-electron chi connectivity index (χ1n) is 11.9. The molecule has 1 fully saturated rings. The van der Waals surface area contributed by atoms with Crippen LogP contribution in [0.5, 0.6) is 5.75 Å². The average molecular weight is 497 g/mol. The van der Waals surface area contributed by atoms with E-state index >= 15 is 0 Å². The summed E-state index contributed by atoms with van der Waals surface area (Å²) in [7, 11) is 1.43. The van der Waals surface area contributed by atoms with Crippen LogP contribution in [-0.4, -0.2) is 56.3 Å². The summed E-state index contributed by atoms with van der Waals surface area (Å²) in [5.41, 5.74) is 15.2. The highest BCUT2D eigenvalue weighted by molar-refractivity contribution is 5.81. The maximum absolute atomic E-state index is 14.5. The van der Waals surface area contributed by atoms with Gasteiger partial charge in [0.1, 0.15) is 18.0 Å². The number of anilines is 1. The largest absolute Gasteiger partial charge is 0.494 e. The van der Waals surface area contributed by atoms with Crippen LogP contribution in [0.1, 0.15) is 31.4 Å². The summed E-state index contributed by atoms with van der Waals surface area (Å²) in [5.74, 6) is 0.0570. The van der Waals surface area contributed by atoms with Crippen molar-refractivity contribution in [3.8, 4) is 5.75 Å². The van der Waals surface area contributed by atoms with Crippen LogP contribution in [0, 0.1) is 5.82 Å². The number of nitrogen functional groups attached to an aromatic ring is 1. The predicted octanol–water partition coefficient (Wildman–Crippen LogP) is 2.82. The van der Waals surface area contributed by atoms with E-state index in [9.17, 15) is 8.78 Å². The Kier molecular flexibility index (Phi) is 6.25. The number of fused-ring (bicyclic) bond motifs is 1. The number of methoxy groups -OCH3 is 1. The fourth-order valence-electron chi connectivity index (χ4n) is 4.93. The van der Waals surface area contributed by atoms with Crippen molar-refractivity contribution in [2.45, 2.75) is 44.1 Å². The standard InChI is InChI=1S/C25H30F2N8O/c1-15(26)25(29)6-3-7-34(12-25)20-10-30-19(16-4-5-21(36-2)18(27)8-16)9-17(20)11-35-14-33-22-23(28)31-13-32-24(22)35/h4-5,8-10,13-15,19,30H,3,6-7,11-12,29H2,1-2H3,(H2,28,31,32). The van der Waals surface area contributed by atoms with Crippen molar-refractivity contribution in [3.63, 3.8) is 0 Å². The Labute approximate surface area is 207 Å². The number of alkyl halides is 1. The molecule has 0 spiro atoms. The van der Waals surface area contributed by atoms with E-state index in [1.165, 1.54) is 26.4 Å². The number of rotatable bonds is 6. The fraction of sp³-hybridized carbons (Fsp3) is 0.400. The van der Waals surface area contributed by atoms with Gasteiger partial charge >= 0.3 is 0 Å². The van der Waals surface area contributed by atoms with Crippen molar-refractivity contribution in [3.05, 3.63) is 65.8 Å². The van der Waals surface area contributed by atoms with Gasteiger partial charge in [-0.3, -0.25) is 0 Å². The number of piperidine rings is 1. The number of halogens is 2. The number of likely N-dealkylation sites (tertiary alicyclic amines) is 1. The number of nitrogens with one attached hydrogen (secondary N) is 1. The molecule has 0 saturated carbocycles. The lowest BCUT2D eigenvalue weighted by Gasteiger charge is -2.44. The molecule has 11 heteroatoms. The first-order valence-corrected chi connectivity index (χ1v) is 11.9. The maximum atomic E-state index is 14.5. The Balaban J connectivity index is 1.51. The number of imidazole rings is 1. The molecule has 0 bridgehead atoms. The van der Waals surface area contributed by atoms with Gasteiger partial charge in [-0.25, -0.2) is 23.7 Å². The zero-order chi connectivity index (χ0) is 25.4. The molecule has 0 aliphatic carbocycles. The van der Waals surface area contributed by atoms with Gasteiger partial charge in [0.2, 0.25) is 0 Å². The number of dihydropyridines is 1. The normalized spacial score (nSPS) is 23.1. The van der Waals surface area contributed by atoms with Crippen molar-refractivity contribution < 1.29 is 13.5 Å². The van der Waals surface area contributed by atoms with Crippen LogP contribution in [0.25, 0.3) is 11.2 Å². The minimum atomic E-state index is -1.14. The van der Waals surface area contributed by atoms with E-state index in [1.807, 2.05) is 22.9 Å². The van der Waals surface area contributed by atoms with Crippen molar-refractivity contribution in [2.75, 3.05) is 25.9 Å². The first-order chi connectivity index (χ1) is 17.3. The summed E-state index contributed by atoms with van der Waals surface area (Å²) in [6, 6.07) is 4.61. The molecule has 0 amide bonds. The second-order valence-corrected chi connectivity index (χ2v) is 9.44. The summed E-state index contributed by atoms with van der Waals surface area (Å²) < 4.78 is 35.8. The van der Waals surface area contributed by atoms with E-state index in [1.54, 1.807) is 12.4 Å². The first kappa shape index (κ1) is 24.0. The van der Waals surface area contributed by atoms with Crippen LogP contribution in [0.4, 0.5) is 14.6 Å². The molecule has 2 aromatic heterocycles. The quantitative estimate of drug-likeness (QED) is 0.477. The summed E-state index contributed by atoms with van der Waals surface area (Å²) in [6.07, 6.45) is 7.28. The number of nitrogens with zero attached hydrogens (tertiary/aromatic N) is 5. The topological polar surface area (TPSA) is 120 Å². The number of benzene rings is 1. The van der Waals surface area contributed by atoms with Crippen LogP contribution >= 0.6 is 0 Å². The van der Waals surface area contributed by atoms with Gasteiger partial charge in [0.05, 0.1) is 37.3 Å². The van der Waals surface area contributed by atoms with E-state index < -0.39 is 17.5 Å². The number of allylic oxidation sites excluding steroid dienone is 1. The third-order valence-corrected chi connectivity index (χ3v) is 7.09. The maximum Gasteiger partial charge on any atom is 0.165 e. The molecule has 9 nitrogen and oxygen atoms in total. The number of hydrogen-bond acceptors (Lipinski definition) is 8. The second-order valence-electron chi connectivity index (χ2n) is 9.44. The Morgan fingerprint density at radius 2 is 2.14 bits per heavy atom. The highest BCUT2D eigenvalue weighted by Crippen LogP contribution is 2.34. The molecule has 36 heavy (non-hydrogen) atoms. The van der Waals surface area contributed by atoms with Gasteiger partial charge in [-0.1, -0.05) is 12.1 Å². The van der Waals surface area contributed by atoms with Gasteiger partial charge in [-0.05, 0) is 43.0 Å². The molecule has 2 aliphatic rings. The summed E-state index contributed by atoms with van der Waals surface area (Å²) in [4.78, 5) is 14.9. The van der Waals surface area contributed by atoms with Crippen molar-refractivity contribution in [1.82, 2.24) is 29.7 Å². The Hall–Kier alpha value is -3.73. The van der Waals surface area contributed by atoms with Crippen molar-refractivity contribution in [2.24, 2.45) is 5.73 Å². The van der Waals surface area contributed by atoms with Gasteiger partial charge < -0.3 is 31.0 Å². The van der Waals surface area contributed by atoms with E-state index in [0.29, 0.717) is 36.5 Å². The highest BCUT2D eigenvalue weighted by atomic mass is 19.1. The zero-order valence-corrected chi connectivity index (χ0v) is 20.3. The number of aromatic nitrogens is 4. The van der Waals surface area contributed by atoms with Crippen LogP contribution in [0.15, 0.2) is 54.4 Å². The molecule has 3 aromatic rings. The second kappa shape index (κ2) is 9.38. The lowest BCUT2D eigenvalue weighted by molar-refractivity contribution is 0.109. The molecular formula is C25H30F2N8O. The third kappa shape index (κ3) is 4.34. The molecule has 3 atom stereocenters. The monoisotopic (exact) mass is 496 g/mol. The van der Waals surface area contributed by atoms with E-state index in [2.05, 4.69) is 25.2 Å². The molecule has 5 rings (SSSR count). The molecular weight excluding hydrogens is 466 g/mol. The summed E-state index contributed by atoms with van der Waals surface area (Å²) >= 11 is 0. The minimum Gasteiger partial charge on any atom is -0.494 e. The Morgan fingerprint density at radius 3 is 2.89 bits per heavy atom. The number of nitrogens with two attached hydrogens (primary N) is 2. The molecule has 1 saturated heterocycles. The van der Waals surface area contributed by atoms with Gasteiger partial charge in [0, 0.05) is 19.3 Å². The molecule has 2 aliphatic heterocycles. The molecule has 3 unspecified atom stereocenters. The third-order valence-electron chi connectivity index (χ3n) is 7.09. The molecule has 0 radical (unpaired) electrons. The fourth-order valence-corrected chi connectivity index (χ4v) is 4.93. The smallest absolute Gasteiger partial charge is 0.165 e. The number of ether oxygens (including phenoxy) is 1. The highest BCUT2D eigenvalue weighted by Gasteiger charge is 2.38. The lowest BCUT2D eigenvalue weighted by atomic mass is 9.85. The van der Waals surface area contributed by atoms with Crippen LogP contribution in [0.3, 0.4) is 0 Å². The van der Waals surface area contributed by atoms with Crippen LogP contribution in [0.2, 0.25) is 0 Å².